The summed E-state index contributed by atoms with van der Waals surface area (Å²) in [6.45, 7) is 1.80. The second-order valence-electron chi connectivity index (χ2n) is 8.06. The molecule has 142 valence electrons. The number of carbonyl (C=O) groups excluding carboxylic acids is 2. The van der Waals surface area contributed by atoms with E-state index in [-0.39, 0.29) is 18.4 Å². The maximum Gasteiger partial charge on any atom is 0.240 e. The smallest absolute Gasteiger partial charge is 0.240 e. The second kappa shape index (κ2) is 5.60. The number of aromatic nitrogens is 1. The fourth-order valence-electron chi connectivity index (χ4n) is 5.48. The molecule has 4 atom stereocenters. The van der Waals surface area contributed by atoms with Gasteiger partial charge in [-0.3, -0.25) is 14.6 Å². The number of pyridine rings is 1. The van der Waals surface area contributed by atoms with Crippen LogP contribution in [0.2, 0.25) is 0 Å². The predicted molar refractivity (Wildman–Crippen MR) is 99.1 cm³/mol. The summed E-state index contributed by atoms with van der Waals surface area (Å²) in [6, 6.07) is 8.83. The first-order valence-electron chi connectivity index (χ1n) is 9.42. The van der Waals surface area contributed by atoms with E-state index in [1.165, 1.54) is 4.90 Å². The Morgan fingerprint density at radius 2 is 2.07 bits per heavy atom. The number of imide groups is 1. The van der Waals surface area contributed by atoms with Gasteiger partial charge in [0.05, 0.1) is 39.8 Å². The van der Waals surface area contributed by atoms with Crippen molar-refractivity contribution in [3.8, 4) is 6.07 Å². The number of aliphatic hydroxyl groups excluding tert-OH is 1. The van der Waals surface area contributed by atoms with Crippen molar-refractivity contribution < 1.29 is 19.4 Å². The van der Waals surface area contributed by atoms with Crippen molar-refractivity contribution in [3.63, 3.8) is 0 Å². The van der Waals surface area contributed by atoms with Crippen molar-refractivity contribution in [2.75, 3.05) is 11.5 Å². The molecule has 1 N–H and O–H groups in total. The number of carbonyl (C=O) groups is 2. The lowest BCUT2D eigenvalue weighted by atomic mass is 9.67. The largest absolute Gasteiger partial charge is 0.396 e. The molecule has 1 aromatic carbocycles. The molecule has 4 heterocycles. The summed E-state index contributed by atoms with van der Waals surface area (Å²) in [5.41, 5.74) is -0.159. The number of anilines is 1. The molecule has 0 spiro atoms. The van der Waals surface area contributed by atoms with Gasteiger partial charge >= 0.3 is 0 Å². The molecular formula is C21H19N3O4. The van der Waals surface area contributed by atoms with E-state index in [4.69, 9.17) is 4.74 Å². The highest BCUT2D eigenvalue weighted by molar-refractivity contribution is 6.26. The van der Waals surface area contributed by atoms with Crippen LogP contribution < -0.4 is 4.90 Å². The van der Waals surface area contributed by atoms with Crippen molar-refractivity contribution >= 4 is 28.4 Å². The van der Waals surface area contributed by atoms with Crippen molar-refractivity contribution in [3.05, 3.63) is 36.0 Å². The molecule has 28 heavy (non-hydrogen) atoms. The van der Waals surface area contributed by atoms with Gasteiger partial charge in [-0.1, -0.05) is 0 Å². The number of ether oxygens (including phenoxy) is 1. The van der Waals surface area contributed by atoms with Crippen molar-refractivity contribution in [2.45, 2.75) is 37.4 Å². The van der Waals surface area contributed by atoms with Crippen molar-refractivity contribution in [1.82, 2.24) is 4.98 Å². The third kappa shape index (κ3) is 1.96. The molecular weight excluding hydrogens is 358 g/mol. The van der Waals surface area contributed by atoms with E-state index in [0.29, 0.717) is 41.4 Å². The minimum Gasteiger partial charge on any atom is -0.396 e. The van der Waals surface area contributed by atoms with Gasteiger partial charge in [0.1, 0.15) is 6.07 Å². The van der Waals surface area contributed by atoms with Crippen LogP contribution >= 0.6 is 0 Å². The van der Waals surface area contributed by atoms with Gasteiger partial charge in [-0.2, -0.15) is 5.26 Å². The number of rotatable bonds is 3. The number of nitrogens with zero attached hydrogens (tertiary/aromatic N) is 3. The fourth-order valence-corrected chi connectivity index (χ4v) is 5.48. The standard InChI is InChI=1S/C21H19N3O4/c1-20-6-7-21(28-20,8-10-25)16-15(20)18(26)24(19(16)27)14-5-4-12(11-22)17-13(14)3-2-9-23-17/h2-5,9,15-16,25H,6-8,10H2,1H3/t15?,16-,20?,21?/m1/s1. The quantitative estimate of drug-likeness (QED) is 0.820. The molecule has 0 saturated carbocycles. The van der Waals surface area contributed by atoms with E-state index in [2.05, 4.69) is 11.1 Å². The SMILES string of the molecule is CC12CCC(CCO)(O1)[C@H]1C(=O)N(c3ccc(C#N)c4ncccc34)C(=O)C12. The Morgan fingerprint density at radius 3 is 2.82 bits per heavy atom. The van der Waals surface area contributed by atoms with Crippen molar-refractivity contribution in [2.24, 2.45) is 11.8 Å². The first-order chi connectivity index (χ1) is 13.5. The Hall–Kier alpha value is -2.82. The van der Waals surface area contributed by atoms with Gasteiger partial charge in [-0.15, -0.1) is 0 Å². The molecule has 0 aliphatic carbocycles. The van der Waals surface area contributed by atoms with E-state index in [1.807, 2.05) is 6.92 Å². The Balaban J connectivity index is 1.67. The highest BCUT2D eigenvalue weighted by Gasteiger charge is 2.73. The molecule has 7 nitrogen and oxygen atoms in total. The average molecular weight is 377 g/mol. The summed E-state index contributed by atoms with van der Waals surface area (Å²) in [5, 5.41) is 19.5. The highest BCUT2D eigenvalue weighted by Crippen LogP contribution is 2.62. The number of amides is 2. The van der Waals surface area contributed by atoms with Crippen LogP contribution in [0.3, 0.4) is 0 Å². The van der Waals surface area contributed by atoms with Gasteiger partial charge < -0.3 is 9.84 Å². The summed E-state index contributed by atoms with van der Waals surface area (Å²) in [4.78, 5) is 32.4. The van der Waals surface area contributed by atoms with Gasteiger partial charge in [0.25, 0.3) is 0 Å². The van der Waals surface area contributed by atoms with Crippen molar-refractivity contribution in [1.29, 1.82) is 5.26 Å². The molecule has 2 amide bonds. The lowest BCUT2D eigenvalue weighted by Crippen LogP contribution is -2.42. The van der Waals surface area contributed by atoms with E-state index >= 15 is 0 Å². The van der Waals surface area contributed by atoms with Crippen LogP contribution in [0.4, 0.5) is 5.69 Å². The van der Waals surface area contributed by atoms with Crippen LogP contribution in [0.5, 0.6) is 0 Å². The van der Waals surface area contributed by atoms with Gasteiger partial charge in [-0.25, -0.2) is 4.90 Å². The zero-order valence-electron chi connectivity index (χ0n) is 15.4. The zero-order valence-corrected chi connectivity index (χ0v) is 15.4. The van der Waals surface area contributed by atoms with Gasteiger partial charge in [-0.05, 0) is 44.0 Å². The summed E-state index contributed by atoms with van der Waals surface area (Å²) in [7, 11) is 0. The molecule has 3 aliphatic rings. The normalized spacial score (nSPS) is 33.5. The lowest BCUT2D eigenvalue weighted by molar-refractivity contribution is -0.131. The Bertz CT molecular complexity index is 1070. The summed E-state index contributed by atoms with van der Waals surface area (Å²) in [6.07, 6.45) is 3.28. The molecule has 7 heteroatoms. The third-order valence-corrected chi connectivity index (χ3v) is 6.65. The van der Waals surface area contributed by atoms with E-state index in [9.17, 15) is 20.0 Å². The minimum atomic E-state index is -0.781. The summed E-state index contributed by atoms with van der Waals surface area (Å²) >= 11 is 0. The van der Waals surface area contributed by atoms with E-state index in [0.717, 1.165) is 0 Å². The Morgan fingerprint density at radius 1 is 1.29 bits per heavy atom. The third-order valence-electron chi connectivity index (χ3n) is 6.65. The minimum absolute atomic E-state index is 0.0928. The lowest BCUT2D eigenvalue weighted by Gasteiger charge is -2.30. The van der Waals surface area contributed by atoms with Crippen LogP contribution in [0, 0.1) is 23.2 Å². The number of nitriles is 1. The monoisotopic (exact) mass is 377 g/mol. The molecule has 0 radical (unpaired) electrons. The maximum atomic E-state index is 13.5. The summed E-state index contributed by atoms with van der Waals surface area (Å²) < 4.78 is 6.22. The zero-order chi connectivity index (χ0) is 19.7. The number of benzene rings is 1. The number of aliphatic hydroxyl groups is 1. The van der Waals surface area contributed by atoms with E-state index < -0.39 is 23.0 Å². The molecule has 3 aliphatic heterocycles. The first kappa shape index (κ1) is 17.3. The topological polar surface area (TPSA) is 104 Å². The highest BCUT2D eigenvalue weighted by atomic mass is 16.5. The van der Waals surface area contributed by atoms with Crippen LogP contribution in [0.25, 0.3) is 10.9 Å². The second-order valence-corrected chi connectivity index (χ2v) is 8.06. The average Bonchev–Trinajstić information content (AvgIpc) is 3.26. The predicted octanol–water partition coefficient (Wildman–Crippen LogP) is 1.92. The Labute approximate surface area is 161 Å². The van der Waals surface area contributed by atoms with E-state index in [1.54, 1.807) is 30.5 Å². The fraction of sp³-hybridized carbons (Fsp3) is 0.429. The molecule has 1 aromatic heterocycles. The maximum absolute atomic E-state index is 13.5. The number of hydrogen-bond donors (Lipinski definition) is 1. The number of fused-ring (bicyclic) bond motifs is 6. The van der Waals surface area contributed by atoms with Crippen LogP contribution in [0.1, 0.15) is 31.7 Å². The number of hydrogen-bond acceptors (Lipinski definition) is 6. The molecule has 2 aromatic rings. The van der Waals surface area contributed by atoms with Crippen LogP contribution in [-0.4, -0.2) is 39.7 Å². The molecule has 5 rings (SSSR count). The Kier molecular flexibility index (Phi) is 3.46. The molecule has 3 unspecified atom stereocenters. The van der Waals surface area contributed by atoms with Crippen LogP contribution in [0.15, 0.2) is 30.5 Å². The molecule has 2 bridgehead atoms. The van der Waals surface area contributed by atoms with Crippen LogP contribution in [-0.2, 0) is 14.3 Å². The molecule has 3 saturated heterocycles. The van der Waals surface area contributed by atoms with Gasteiger partial charge in [0.2, 0.25) is 11.8 Å². The first-order valence-corrected chi connectivity index (χ1v) is 9.42. The molecule has 3 fully saturated rings. The summed E-state index contributed by atoms with van der Waals surface area (Å²) in [5.74, 6) is -1.70. The van der Waals surface area contributed by atoms with Gasteiger partial charge in [0, 0.05) is 24.6 Å². The van der Waals surface area contributed by atoms with Gasteiger partial charge in [0.15, 0.2) is 0 Å².